The molecule has 0 unspecified atom stereocenters. The number of rotatable bonds is 4. The molecule has 0 aliphatic heterocycles. The van der Waals surface area contributed by atoms with Crippen LogP contribution in [0.1, 0.15) is 39.0 Å². The first-order valence-corrected chi connectivity index (χ1v) is 5.12. The van der Waals surface area contributed by atoms with Gasteiger partial charge in [-0.3, -0.25) is 0 Å². The van der Waals surface area contributed by atoms with Crippen molar-refractivity contribution in [3.8, 4) is 0 Å². The molecule has 0 aromatic heterocycles. The maximum atomic E-state index is 3.68. The molecule has 0 bridgehead atoms. The Balaban J connectivity index is 2.20. The van der Waals surface area contributed by atoms with E-state index in [1.165, 1.54) is 32.1 Å². The van der Waals surface area contributed by atoms with Gasteiger partial charge >= 0.3 is 0 Å². The van der Waals surface area contributed by atoms with Gasteiger partial charge in [-0.05, 0) is 18.3 Å². The molecule has 0 heterocycles. The summed E-state index contributed by atoms with van der Waals surface area (Å²) in [5.41, 5.74) is 0. The molecular weight excluding hydrogens is 144 g/mol. The lowest BCUT2D eigenvalue weighted by Crippen LogP contribution is -1.99. The van der Waals surface area contributed by atoms with E-state index < -0.39 is 0 Å². The minimum Gasteiger partial charge on any atom is -0.0991 e. The fourth-order valence-electron chi connectivity index (χ4n) is 2.12. The van der Waals surface area contributed by atoms with Crippen LogP contribution in [0, 0.1) is 11.8 Å². The van der Waals surface area contributed by atoms with E-state index in [9.17, 15) is 0 Å². The predicted molar refractivity (Wildman–Crippen MR) is 55.1 cm³/mol. The topological polar surface area (TPSA) is 0 Å². The number of allylic oxidation sites excluding steroid dienone is 3. The molecule has 1 fully saturated rings. The highest BCUT2D eigenvalue weighted by Crippen LogP contribution is 2.30. The Morgan fingerprint density at radius 3 is 2.67 bits per heavy atom. The molecule has 68 valence electrons. The summed E-state index contributed by atoms with van der Waals surface area (Å²) in [5, 5.41) is 0. The Labute approximate surface area is 76.4 Å². The second-order valence-corrected chi connectivity index (χ2v) is 3.98. The quantitative estimate of drug-likeness (QED) is 0.552. The van der Waals surface area contributed by atoms with Crippen molar-refractivity contribution < 1.29 is 0 Å². The second-order valence-electron chi connectivity index (χ2n) is 3.98. The highest BCUT2D eigenvalue weighted by Gasteiger charge is 2.16. The summed E-state index contributed by atoms with van der Waals surface area (Å²) in [5.74, 6) is 1.75. The monoisotopic (exact) mass is 164 g/mol. The summed E-state index contributed by atoms with van der Waals surface area (Å²) >= 11 is 0. The lowest BCUT2D eigenvalue weighted by Gasteiger charge is -2.11. The molecule has 0 heteroatoms. The van der Waals surface area contributed by atoms with Crippen LogP contribution in [0.25, 0.3) is 0 Å². The summed E-state index contributed by atoms with van der Waals surface area (Å²) in [6.45, 7) is 5.98. The van der Waals surface area contributed by atoms with E-state index in [0.717, 1.165) is 11.8 Å². The van der Waals surface area contributed by atoms with Crippen LogP contribution in [0.2, 0.25) is 0 Å². The molecule has 0 spiro atoms. The molecule has 1 saturated carbocycles. The Hall–Kier alpha value is -0.520. The van der Waals surface area contributed by atoms with Gasteiger partial charge in [-0.25, -0.2) is 0 Å². The molecule has 0 nitrogen and oxygen atoms in total. The van der Waals surface area contributed by atoms with Crippen LogP contribution in [-0.2, 0) is 0 Å². The largest absolute Gasteiger partial charge is 0.0991 e. The first-order valence-electron chi connectivity index (χ1n) is 5.12. The summed E-state index contributed by atoms with van der Waals surface area (Å²) in [7, 11) is 0. The van der Waals surface area contributed by atoms with Gasteiger partial charge in [0, 0.05) is 0 Å². The van der Waals surface area contributed by atoms with Gasteiger partial charge in [0.1, 0.15) is 0 Å². The van der Waals surface area contributed by atoms with Gasteiger partial charge in [0.2, 0.25) is 0 Å². The number of hydrogen-bond acceptors (Lipinski definition) is 0. The average Bonchev–Trinajstić information content (AvgIpc) is 2.53. The fraction of sp³-hybridized carbons (Fsp3) is 0.667. The highest BCUT2D eigenvalue weighted by atomic mass is 14.2. The molecule has 0 aromatic rings. The molecule has 1 aliphatic carbocycles. The van der Waals surface area contributed by atoms with Crippen LogP contribution < -0.4 is 0 Å². The smallest absolute Gasteiger partial charge is 0.0256 e. The molecule has 0 radical (unpaired) electrons. The molecule has 0 aromatic carbocycles. The van der Waals surface area contributed by atoms with E-state index in [4.69, 9.17) is 0 Å². The molecule has 1 aliphatic rings. The summed E-state index contributed by atoms with van der Waals surface area (Å²) in [6, 6.07) is 0. The summed E-state index contributed by atoms with van der Waals surface area (Å²) < 4.78 is 0. The third-order valence-electron chi connectivity index (χ3n) is 2.76. The van der Waals surface area contributed by atoms with Crippen molar-refractivity contribution in [1.29, 1.82) is 0 Å². The second kappa shape index (κ2) is 5.18. The maximum Gasteiger partial charge on any atom is -0.0256 e. The zero-order valence-corrected chi connectivity index (χ0v) is 8.13. The zero-order valence-electron chi connectivity index (χ0n) is 8.13. The van der Waals surface area contributed by atoms with Crippen molar-refractivity contribution in [2.45, 2.75) is 39.0 Å². The van der Waals surface area contributed by atoms with E-state index >= 15 is 0 Å². The van der Waals surface area contributed by atoms with Crippen molar-refractivity contribution in [2.75, 3.05) is 0 Å². The Bertz CT molecular complexity index is 149. The Morgan fingerprint density at radius 1 is 1.42 bits per heavy atom. The third kappa shape index (κ3) is 3.25. The van der Waals surface area contributed by atoms with Gasteiger partial charge < -0.3 is 0 Å². The molecule has 0 saturated heterocycles. The maximum absolute atomic E-state index is 3.68. The van der Waals surface area contributed by atoms with E-state index in [0.29, 0.717) is 0 Å². The van der Waals surface area contributed by atoms with Gasteiger partial charge in [-0.1, -0.05) is 57.4 Å². The lowest BCUT2D eigenvalue weighted by atomic mass is 9.94. The molecular formula is C12H20. The lowest BCUT2D eigenvalue weighted by molar-refractivity contribution is 0.444. The Kier molecular flexibility index (Phi) is 4.13. The molecule has 12 heavy (non-hydrogen) atoms. The first kappa shape index (κ1) is 9.57. The van der Waals surface area contributed by atoms with E-state index in [2.05, 4.69) is 25.7 Å². The summed E-state index contributed by atoms with van der Waals surface area (Å²) in [6.07, 6.45) is 13.4. The first-order chi connectivity index (χ1) is 5.83. The third-order valence-corrected chi connectivity index (χ3v) is 2.76. The van der Waals surface area contributed by atoms with Crippen molar-refractivity contribution in [3.63, 3.8) is 0 Å². The van der Waals surface area contributed by atoms with Gasteiger partial charge in [0.05, 0.1) is 0 Å². The van der Waals surface area contributed by atoms with Crippen molar-refractivity contribution in [1.82, 2.24) is 0 Å². The highest BCUT2D eigenvalue weighted by molar-refractivity contribution is 4.99. The molecule has 1 rings (SSSR count). The van der Waals surface area contributed by atoms with Gasteiger partial charge in [-0.2, -0.15) is 0 Å². The van der Waals surface area contributed by atoms with Gasteiger partial charge in [-0.15, -0.1) is 0 Å². The SMILES string of the molecule is C=C/C=C/[C@H](C)CC1CCCC1. The molecule has 0 N–H and O–H groups in total. The van der Waals surface area contributed by atoms with Crippen LogP contribution >= 0.6 is 0 Å². The van der Waals surface area contributed by atoms with E-state index in [1.54, 1.807) is 0 Å². The standard InChI is InChI=1S/C12H20/c1-3-4-7-11(2)10-12-8-5-6-9-12/h3-4,7,11-12H,1,5-6,8-10H2,2H3/b7-4+/t11-/m0/s1. The van der Waals surface area contributed by atoms with Gasteiger partial charge in [0.25, 0.3) is 0 Å². The predicted octanol–water partition coefficient (Wildman–Crippen LogP) is 3.95. The van der Waals surface area contributed by atoms with Crippen LogP contribution in [-0.4, -0.2) is 0 Å². The summed E-state index contributed by atoms with van der Waals surface area (Å²) in [4.78, 5) is 0. The minimum atomic E-state index is 0.742. The number of hydrogen-bond donors (Lipinski definition) is 0. The fourth-order valence-corrected chi connectivity index (χ4v) is 2.12. The zero-order chi connectivity index (χ0) is 8.81. The normalized spacial score (nSPS) is 21.8. The van der Waals surface area contributed by atoms with E-state index in [1.807, 2.05) is 6.08 Å². The van der Waals surface area contributed by atoms with Crippen LogP contribution in [0.5, 0.6) is 0 Å². The molecule has 0 amide bonds. The Morgan fingerprint density at radius 2 is 2.08 bits per heavy atom. The van der Waals surface area contributed by atoms with Crippen molar-refractivity contribution >= 4 is 0 Å². The van der Waals surface area contributed by atoms with Crippen LogP contribution in [0.4, 0.5) is 0 Å². The van der Waals surface area contributed by atoms with E-state index in [-0.39, 0.29) is 0 Å². The van der Waals surface area contributed by atoms with Crippen LogP contribution in [0.15, 0.2) is 24.8 Å². The average molecular weight is 164 g/mol. The minimum absolute atomic E-state index is 0.742. The van der Waals surface area contributed by atoms with Crippen molar-refractivity contribution in [2.24, 2.45) is 11.8 Å². The molecule has 1 atom stereocenters. The van der Waals surface area contributed by atoms with Crippen LogP contribution in [0.3, 0.4) is 0 Å². The van der Waals surface area contributed by atoms with Crippen molar-refractivity contribution in [3.05, 3.63) is 24.8 Å². The van der Waals surface area contributed by atoms with Gasteiger partial charge in [0.15, 0.2) is 0 Å².